The molecule has 1 fully saturated rings. The van der Waals surface area contributed by atoms with Crippen LogP contribution >= 0.6 is 34.5 Å². The highest BCUT2D eigenvalue weighted by Gasteiger charge is 2.48. The number of rotatable bonds is 4. The predicted octanol–water partition coefficient (Wildman–Crippen LogP) is 5.57. The predicted molar refractivity (Wildman–Crippen MR) is 128 cm³/mol. The second-order valence-corrected chi connectivity index (χ2v) is 9.03. The molecule has 1 atom stereocenters. The van der Waals surface area contributed by atoms with Gasteiger partial charge in [0.1, 0.15) is 11.8 Å². The molecule has 0 spiro atoms. The average Bonchev–Trinajstić information content (AvgIpc) is 3.51. The van der Waals surface area contributed by atoms with Crippen LogP contribution in [0.1, 0.15) is 16.5 Å². The average molecular weight is 500 g/mol. The molecule has 2 aromatic heterocycles. The zero-order valence-electron chi connectivity index (χ0n) is 17.0. The van der Waals surface area contributed by atoms with E-state index in [1.165, 1.54) is 35.5 Å². The number of hydrogen-bond donors (Lipinski definition) is 2. The Kier molecular flexibility index (Phi) is 5.36. The summed E-state index contributed by atoms with van der Waals surface area (Å²) in [7, 11) is 1.42. The number of amides is 1. The molecule has 7 nitrogen and oxygen atoms in total. The van der Waals surface area contributed by atoms with Gasteiger partial charge in [0.2, 0.25) is 5.95 Å². The maximum atomic E-state index is 13.2. The number of aromatic nitrogens is 2. The van der Waals surface area contributed by atoms with Crippen molar-refractivity contribution in [1.82, 2.24) is 9.97 Å². The van der Waals surface area contributed by atoms with Gasteiger partial charge in [-0.2, -0.15) is 0 Å². The topological polar surface area (TPSA) is 95.5 Å². The molecule has 0 aliphatic carbocycles. The lowest BCUT2D eigenvalue weighted by Crippen LogP contribution is -2.30. The van der Waals surface area contributed by atoms with Crippen molar-refractivity contribution in [3.8, 4) is 5.75 Å². The Bertz CT molecular complexity index is 1390. The van der Waals surface area contributed by atoms with Gasteiger partial charge in [-0.05, 0) is 35.7 Å². The number of carbonyl (C=O) groups is 2. The van der Waals surface area contributed by atoms with Gasteiger partial charge in [0.15, 0.2) is 5.75 Å². The molecule has 2 aromatic carbocycles. The van der Waals surface area contributed by atoms with E-state index in [0.717, 1.165) is 0 Å². The minimum absolute atomic E-state index is 0.0831. The number of nitrogens with zero attached hydrogens (tertiary/aromatic N) is 2. The van der Waals surface area contributed by atoms with Crippen LogP contribution in [0.15, 0.2) is 59.5 Å². The normalized spacial score (nSPS) is 17.8. The van der Waals surface area contributed by atoms with Gasteiger partial charge in [0, 0.05) is 10.4 Å². The summed E-state index contributed by atoms with van der Waals surface area (Å²) in [5.41, 5.74) is 1.47. The smallest absolute Gasteiger partial charge is 0.302 e. The van der Waals surface area contributed by atoms with E-state index in [9.17, 15) is 14.7 Å². The molecule has 166 valence electrons. The minimum atomic E-state index is -0.884. The molecule has 1 aliphatic rings. The highest BCUT2D eigenvalue weighted by atomic mass is 35.5. The Morgan fingerprint density at radius 1 is 1.15 bits per heavy atom. The number of anilines is 1. The second kappa shape index (κ2) is 8.22. The second-order valence-electron chi connectivity index (χ2n) is 7.24. The van der Waals surface area contributed by atoms with Crippen molar-refractivity contribution in [2.24, 2.45) is 0 Å². The van der Waals surface area contributed by atoms with Gasteiger partial charge in [0.25, 0.3) is 5.78 Å². The first kappa shape index (κ1) is 21.5. The Balaban J connectivity index is 1.71. The van der Waals surface area contributed by atoms with Crippen molar-refractivity contribution in [3.63, 3.8) is 0 Å². The maximum Gasteiger partial charge on any atom is 0.302 e. The molecule has 10 heteroatoms. The number of nitrogens with one attached hydrogen (secondary N) is 1. The zero-order chi connectivity index (χ0) is 23.3. The first-order valence-electron chi connectivity index (χ1n) is 9.73. The number of Topliss-reactive ketones (excluding diaryl/α,β-unsaturated/α-hetero) is 1. The number of imidazole rings is 1. The molecular weight excluding hydrogens is 485 g/mol. The first-order valence-corrected chi connectivity index (χ1v) is 11.4. The largest absolute Gasteiger partial charge is 0.507 e. The van der Waals surface area contributed by atoms with Crippen molar-refractivity contribution < 1.29 is 19.4 Å². The summed E-state index contributed by atoms with van der Waals surface area (Å²) in [6.45, 7) is 0. The summed E-state index contributed by atoms with van der Waals surface area (Å²) in [4.78, 5) is 35.9. The number of fused-ring (bicyclic) bond motifs is 1. The van der Waals surface area contributed by atoms with Crippen LogP contribution in [0.3, 0.4) is 0 Å². The van der Waals surface area contributed by atoms with Crippen molar-refractivity contribution in [2.75, 3.05) is 12.0 Å². The van der Waals surface area contributed by atoms with E-state index in [2.05, 4.69) is 9.97 Å². The van der Waals surface area contributed by atoms with Gasteiger partial charge in [-0.3, -0.25) is 14.5 Å². The molecule has 1 unspecified atom stereocenters. The number of aliphatic hydroxyl groups excluding tert-OH is 1. The van der Waals surface area contributed by atoms with E-state index >= 15 is 0 Å². The molecule has 1 saturated heterocycles. The number of benzene rings is 2. The van der Waals surface area contributed by atoms with E-state index in [0.29, 0.717) is 15.9 Å². The number of H-pyrrole nitrogens is 1. The molecule has 0 saturated carbocycles. The van der Waals surface area contributed by atoms with Gasteiger partial charge in [-0.1, -0.05) is 41.4 Å². The van der Waals surface area contributed by atoms with E-state index < -0.39 is 23.5 Å². The van der Waals surface area contributed by atoms with Crippen molar-refractivity contribution >= 4 is 69.0 Å². The molecule has 4 aromatic rings. The first-order chi connectivity index (χ1) is 15.9. The summed E-state index contributed by atoms with van der Waals surface area (Å²) in [6.07, 6.45) is 0. The number of para-hydroxylation sites is 2. The molecule has 1 amide bonds. The van der Waals surface area contributed by atoms with E-state index in [-0.39, 0.29) is 32.9 Å². The van der Waals surface area contributed by atoms with Gasteiger partial charge >= 0.3 is 5.91 Å². The fourth-order valence-electron chi connectivity index (χ4n) is 3.87. The van der Waals surface area contributed by atoms with Crippen LogP contribution in [0.25, 0.3) is 16.8 Å². The molecule has 33 heavy (non-hydrogen) atoms. The van der Waals surface area contributed by atoms with Crippen LogP contribution in [0.4, 0.5) is 5.95 Å². The van der Waals surface area contributed by atoms with Crippen LogP contribution < -0.4 is 9.64 Å². The SMILES string of the molecule is COc1c(Cl)cc(/C(O)=C2\C(=O)C(=O)N(c3nc4ccccc4[nH]3)C2c2cccs2)cc1Cl. The minimum Gasteiger partial charge on any atom is -0.507 e. The standard InChI is InChI=1S/C23H15Cl2N3O4S/c1-32-21-12(24)9-11(10-13(21)25)19(29)17-18(16-7-4-8-33-16)28(22(31)20(17)30)23-26-14-5-2-3-6-15(14)27-23/h2-10,18,29H,1H3,(H,26,27)/b19-17+. The molecular formula is C23H15Cl2N3O4S. The Morgan fingerprint density at radius 3 is 2.52 bits per heavy atom. The van der Waals surface area contributed by atoms with Gasteiger partial charge in [-0.15, -0.1) is 11.3 Å². The van der Waals surface area contributed by atoms with Crippen LogP contribution in [0, 0.1) is 0 Å². The maximum absolute atomic E-state index is 13.2. The lowest BCUT2D eigenvalue weighted by atomic mass is 10.00. The van der Waals surface area contributed by atoms with Gasteiger partial charge in [-0.25, -0.2) is 4.98 Å². The third-order valence-corrected chi connectivity index (χ3v) is 6.82. The lowest BCUT2D eigenvalue weighted by Gasteiger charge is -2.21. The number of ketones is 1. The summed E-state index contributed by atoms with van der Waals surface area (Å²) in [5.74, 6) is -1.58. The van der Waals surface area contributed by atoms with Crippen LogP contribution in [0.2, 0.25) is 10.0 Å². The summed E-state index contributed by atoms with van der Waals surface area (Å²) in [5, 5.41) is 13.3. The molecule has 2 N–H and O–H groups in total. The third-order valence-electron chi connectivity index (χ3n) is 5.34. The number of aromatic amines is 1. The number of hydrogen-bond acceptors (Lipinski definition) is 6. The fourth-order valence-corrected chi connectivity index (χ4v) is 5.33. The zero-order valence-corrected chi connectivity index (χ0v) is 19.3. The number of methoxy groups -OCH3 is 1. The van der Waals surface area contributed by atoms with Crippen molar-refractivity contribution in [2.45, 2.75) is 6.04 Å². The van der Waals surface area contributed by atoms with Crippen LogP contribution in [0.5, 0.6) is 5.75 Å². The molecule has 5 rings (SSSR count). The number of ether oxygens (including phenoxy) is 1. The number of thiophene rings is 1. The fraction of sp³-hybridized carbons (Fsp3) is 0.0870. The monoisotopic (exact) mass is 499 g/mol. The molecule has 0 radical (unpaired) electrons. The van der Waals surface area contributed by atoms with E-state index in [1.54, 1.807) is 18.2 Å². The van der Waals surface area contributed by atoms with Crippen LogP contribution in [-0.2, 0) is 9.59 Å². The summed E-state index contributed by atoms with van der Waals surface area (Å²) < 4.78 is 5.16. The van der Waals surface area contributed by atoms with Crippen molar-refractivity contribution in [1.29, 1.82) is 0 Å². The molecule has 3 heterocycles. The third kappa shape index (κ3) is 3.47. The molecule has 0 bridgehead atoms. The van der Waals surface area contributed by atoms with E-state index in [1.807, 2.05) is 23.6 Å². The quantitative estimate of drug-likeness (QED) is 0.217. The van der Waals surface area contributed by atoms with Crippen LogP contribution in [-0.4, -0.2) is 33.9 Å². The number of halogens is 2. The van der Waals surface area contributed by atoms with Crippen molar-refractivity contribution in [3.05, 3.63) is 80.0 Å². The summed E-state index contributed by atoms with van der Waals surface area (Å²) >= 11 is 13.8. The molecule has 1 aliphatic heterocycles. The van der Waals surface area contributed by atoms with E-state index in [4.69, 9.17) is 27.9 Å². The summed E-state index contributed by atoms with van der Waals surface area (Å²) in [6, 6.07) is 12.9. The Labute approximate surface area is 201 Å². The Hall–Kier alpha value is -3.33. The highest BCUT2D eigenvalue weighted by molar-refractivity contribution is 7.10. The lowest BCUT2D eigenvalue weighted by molar-refractivity contribution is -0.132. The Morgan fingerprint density at radius 2 is 1.88 bits per heavy atom. The number of aliphatic hydroxyl groups is 1. The van der Waals surface area contributed by atoms with Gasteiger partial charge in [0.05, 0.1) is 33.8 Å². The number of carbonyl (C=O) groups excluding carboxylic acids is 2. The highest BCUT2D eigenvalue weighted by Crippen LogP contribution is 2.44. The van der Waals surface area contributed by atoms with Gasteiger partial charge < -0.3 is 14.8 Å².